The van der Waals surface area contributed by atoms with Crippen molar-refractivity contribution in [3.05, 3.63) is 58.3 Å². The summed E-state index contributed by atoms with van der Waals surface area (Å²) in [6.07, 6.45) is 2.04. The number of rotatable bonds is 4. The van der Waals surface area contributed by atoms with E-state index in [0.717, 1.165) is 10.2 Å². The van der Waals surface area contributed by atoms with Crippen LogP contribution in [-0.4, -0.2) is 6.26 Å². The van der Waals surface area contributed by atoms with Crippen LogP contribution in [0.5, 0.6) is 0 Å². The van der Waals surface area contributed by atoms with Gasteiger partial charge in [-0.25, -0.2) is 4.39 Å². The summed E-state index contributed by atoms with van der Waals surface area (Å²) in [4.78, 5) is 1.21. The summed E-state index contributed by atoms with van der Waals surface area (Å²) in [5, 5.41) is 3.31. The number of hydrogen-bond donors (Lipinski definition) is 1. The van der Waals surface area contributed by atoms with Gasteiger partial charge in [0.2, 0.25) is 0 Å². The second kappa shape index (κ2) is 6.44. The summed E-state index contributed by atoms with van der Waals surface area (Å²) >= 11 is 5.07. The predicted molar refractivity (Wildman–Crippen MR) is 84.4 cm³/mol. The van der Waals surface area contributed by atoms with Crippen LogP contribution in [0.25, 0.3) is 0 Å². The average Bonchev–Trinajstić information content (AvgIpc) is 2.42. The molecule has 1 nitrogen and oxygen atoms in total. The van der Waals surface area contributed by atoms with E-state index in [4.69, 9.17) is 0 Å². The van der Waals surface area contributed by atoms with Gasteiger partial charge in [0.25, 0.3) is 0 Å². The van der Waals surface area contributed by atoms with Gasteiger partial charge in [-0.15, -0.1) is 11.8 Å². The van der Waals surface area contributed by atoms with E-state index in [1.807, 2.05) is 31.4 Å². The molecule has 100 valence electrons. The van der Waals surface area contributed by atoms with E-state index < -0.39 is 0 Å². The Morgan fingerprint density at radius 1 is 1.16 bits per heavy atom. The maximum atomic E-state index is 13.8. The number of anilines is 1. The van der Waals surface area contributed by atoms with E-state index in [0.29, 0.717) is 5.56 Å². The lowest BCUT2D eigenvalue weighted by Crippen LogP contribution is -2.08. The molecule has 19 heavy (non-hydrogen) atoms. The van der Waals surface area contributed by atoms with Gasteiger partial charge in [-0.1, -0.05) is 15.9 Å². The Labute approximate surface area is 125 Å². The summed E-state index contributed by atoms with van der Waals surface area (Å²) in [6.45, 7) is 1.95. The number of hydrogen-bond acceptors (Lipinski definition) is 2. The molecule has 0 bridgehead atoms. The number of nitrogens with one attached hydrogen (secondary N) is 1. The molecule has 0 radical (unpaired) electrons. The van der Waals surface area contributed by atoms with Crippen molar-refractivity contribution in [2.75, 3.05) is 11.6 Å². The molecule has 0 aliphatic carbocycles. The van der Waals surface area contributed by atoms with E-state index >= 15 is 0 Å². The Morgan fingerprint density at radius 2 is 1.84 bits per heavy atom. The van der Waals surface area contributed by atoms with Crippen molar-refractivity contribution in [2.45, 2.75) is 17.9 Å². The standard InChI is InChI=1S/C15H15BrFNS/c1-10(14-9-11(16)3-8-15(14)17)18-12-4-6-13(19-2)7-5-12/h3-10,18H,1-2H3. The maximum Gasteiger partial charge on any atom is 0.128 e. The molecule has 4 heteroatoms. The molecule has 1 unspecified atom stereocenters. The number of benzene rings is 2. The van der Waals surface area contributed by atoms with Crippen LogP contribution in [0, 0.1) is 5.82 Å². The molecule has 2 rings (SSSR count). The van der Waals surface area contributed by atoms with Crippen molar-refractivity contribution in [1.82, 2.24) is 0 Å². The Balaban J connectivity index is 2.15. The Morgan fingerprint density at radius 3 is 2.47 bits per heavy atom. The number of thioether (sulfide) groups is 1. The summed E-state index contributed by atoms with van der Waals surface area (Å²) in [5.41, 5.74) is 1.65. The van der Waals surface area contributed by atoms with Gasteiger partial charge in [-0.3, -0.25) is 0 Å². The highest BCUT2D eigenvalue weighted by Crippen LogP contribution is 2.25. The van der Waals surface area contributed by atoms with E-state index in [2.05, 4.69) is 33.4 Å². The van der Waals surface area contributed by atoms with Gasteiger partial charge >= 0.3 is 0 Å². The third-order valence-electron chi connectivity index (χ3n) is 2.90. The minimum absolute atomic E-state index is 0.0855. The van der Waals surface area contributed by atoms with Crippen molar-refractivity contribution in [3.63, 3.8) is 0 Å². The maximum absolute atomic E-state index is 13.8. The first kappa shape index (κ1) is 14.4. The fourth-order valence-electron chi connectivity index (χ4n) is 1.86. The molecule has 0 aliphatic heterocycles. The molecule has 0 spiro atoms. The van der Waals surface area contributed by atoms with Crippen LogP contribution >= 0.6 is 27.7 Å². The highest BCUT2D eigenvalue weighted by Gasteiger charge is 2.11. The monoisotopic (exact) mass is 339 g/mol. The van der Waals surface area contributed by atoms with Gasteiger partial charge in [-0.2, -0.15) is 0 Å². The topological polar surface area (TPSA) is 12.0 Å². The van der Waals surface area contributed by atoms with Crippen molar-refractivity contribution in [3.8, 4) is 0 Å². The second-order valence-electron chi connectivity index (χ2n) is 4.26. The zero-order chi connectivity index (χ0) is 13.8. The van der Waals surface area contributed by atoms with Gasteiger partial charge in [0.05, 0.1) is 6.04 Å². The van der Waals surface area contributed by atoms with E-state index in [1.165, 1.54) is 11.0 Å². The molecule has 0 aromatic heterocycles. The third kappa shape index (κ3) is 3.74. The Kier molecular flexibility index (Phi) is 4.88. The highest BCUT2D eigenvalue weighted by atomic mass is 79.9. The minimum Gasteiger partial charge on any atom is -0.378 e. The second-order valence-corrected chi connectivity index (χ2v) is 6.06. The van der Waals surface area contributed by atoms with Gasteiger partial charge in [0.15, 0.2) is 0 Å². The molecule has 2 aromatic carbocycles. The first-order chi connectivity index (χ1) is 9.10. The van der Waals surface area contributed by atoms with Gasteiger partial charge in [0, 0.05) is 20.6 Å². The molecule has 0 aliphatic rings. The van der Waals surface area contributed by atoms with Crippen LogP contribution in [0.3, 0.4) is 0 Å². The highest BCUT2D eigenvalue weighted by molar-refractivity contribution is 9.10. The van der Waals surface area contributed by atoms with Crippen LogP contribution in [-0.2, 0) is 0 Å². The van der Waals surface area contributed by atoms with E-state index in [9.17, 15) is 4.39 Å². The normalized spacial score (nSPS) is 12.2. The largest absolute Gasteiger partial charge is 0.378 e. The summed E-state index contributed by atoms with van der Waals surface area (Å²) in [6, 6.07) is 13.0. The van der Waals surface area contributed by atoms with Crippen LogP contribution in [0.2, 0.25) is 0 Å². The molecular weight excluding hydrogens is 325 g/mol. The minimum atomic E-state index is -0.191. The molecule has 1 atom stereocenters. The molecule has 0 amide bonds. The summed E-state index contributed by atoms with van der Waals surface area (Å²) < 4.78 is 14.7. The smallest absolute Gasteiger partial charge is 0.128 e. The molecule has 2 aromatic rings. The average molecular weight is 340 g/mol. The quantitative estimate of drug-likeness (QED) is 0.740. The molecule has 1 N–H and O–H groups in total. The van der Waals surface area contributed by atoms with Crippen LogP contribution in [0.4, 0.5) is 10.1 Å². The van der Waals surface area contributed by atoms with Crippen molar-refractivity contribution in [2.24, 2.45) is 0 Å². The fourth-order valence-corrected chi connectivity index (χ4v) is 2.65. The molecule has 0 saturated carbocycles. The molecule has 0 heterocycles. The molecule has 0 saturated heterocycles. The summed E-state index contributed by atoms with van der Waals surface area (Å²) in [7, 11) is 0. The first-order valence-corrected chi connectivity index (χ1v) is 7.97. The van der Waals surface area contributed by atoms with Crippen molar-refractivity contribution < 1.29 is 4.39 Å². The zero-order valence-electron chi connectivity index (χ0n) is 10.8. The molecular formula is C15H15BrFNS. The molecule has 0 fully saturated rings. The fraction of sp³-hybridized carbons (Fsp3) is 0.200. The zero-order valence-corrected chi connectivity index (χ0v) is 13.2. The Bertz CT molecular complexity index is 557. The van der Waals surface area contributed by atoms with E-state index in [1.54, 1.807) is 17.8 Å². The lowest BCUT2D eigenvalue weighted by Gasteiger charge is -2.17. The lowest BCUT2D eigenvalue weighted by atomic mass is 10.1. The first-order valence-electron chi connectivity index (χ1n) is 5.95. The number of halogens is 2. The van der Waals surface area contributed by atoms with Gasteiger partial charge < -0.3 is 5.32 Å². The van der Waals surface area contributed by atoms with Gasteiger partial charge in [0.1, 0.15) is 5.82 Å². The Hall–Kier alpha value is -1.00. The van der Waals surface area contributed by atoms with Crippen LogP contribution < -0.4 is 5.32 Å². The van der Waals surface area contributed by atoms with Crippen LogP contribution in [0.15, 0.2) is 51.8 Å². The predicted octanol–water partition coefficient (Wildman–Crippen LogP) is 5.48. The van der Waals surface area contributed by atoms with Crippen molar-refractivity contribution in [1.29, 1.82) is 0 Å². The van der Waals surface area contributed by atoms with E-state index in [-0.39, 0.29) is 11.9 Å². The van der Waals surface area contributed by atoms with Crippen molar-refractivity contribution >= 4 is 33.4 Å². The van der Waals surface area contributed by atoms with Gasteiger partial charge in [-0.05, 0) is 55.6 Å². The lowest BCUT2D eigenvalue weighted by molar-refractivity contribution is 0.600. The SMILES string of the molecule is CSc1ccc(NC(C)c2cc(Br)ccc2F)cc1. The van der Waals surface area contributed by atoms with Crippen LogP contribution in [0.1, 0.15) is 18.5 Å². The summed E-state index contributed by atoms with van der Waals surface area (Å²) in [5.74, 6) is -0.191. The third-order valence-corrected chi connectivity index (χ3v) is 4.13.